The number of hydrogen-bond donors (Lipinski definition) is 0. The van der Waals surface area contributed by atoms with Crippen molar-refractivity contribution in [1.82, 2.24) is 0 Å². The van der Waals surface area contributed by atoms with E-state index < -0.39 is 5.09 Å². The van der Waals surface area contributed by atoms with E-state index in [2.05, 4.69) is 0 Å². The maximum atomic E-state index is 8.25. The second-order valence-electron chi connectivity index (χ2n) is 0.224. The van der Waals surface area contributed by atoms with Crippen LogP contribution in [0.25, 0.3) is 0 Å². The molecule has 0 unspecified atom stereocenters. The molecule has 0 rings (SSSR count). The van der Waals surface area contributed by atoms with Gasteiger partial charge in [0.15, 0.2) is 0 Å². The summed E-state index contributed by atoms with van der Waals surface area (Å²) in [5.74, 6) is 0. The molecule has 0 fully saturated rings. The summed E-state index contributed by atoms with van der Waals surface area (Å²) in [5.41, 5.74) is 0. The molecule has 0 aliphatic heterocycles. The topological polar surface area (TPSA) is 66.2 Å². The minimum atomic E-state index is -1.75. The van der Waals surface area contributed by atoms with Gasteiger partial charge in [0.1, 0.15) is 0 Å². The van der Waals surface area contributed by atoms with E-state index in [4.69, 9.17) is 15.3 Å². The van der Waals surface area contributed by atoms with Gasteiger partial charge in [-0.15, -0.1) is 0 Å². The van der Waals surface area contributed by atoms with E-state index in [-0.39, 0.29) is 70.2 Å². The minimum Gasteiger partial charge on any atom is 1.00 e. The van der Waals surface area contributed by atoms with Gasteiger partial charge in [-0.25, -0.2) is 0 Å². The van der Waals surface area contributed by atoms with Crippen LogP contribution in [0.2, 0.25) is 0 Å². The average molecular weight is 109 g/mol. The Hall–Kier alpha value is 1.43. The summed E-state index contributed by atoms with van der Waals surface area (Å²) in [5, 5.41) is 14.8. The van der Waals surface area contributed by atoms with E-state index in [1.54, 1.807) is 0 Å². The van der Waals surface area contributed by atoms with Gasteiger partial charge in [0.2, 0.25) is 0 Å². The standard InChI is InChI=1S/K.Li.NO3.H/c;;2-1(3)4;/q;+1;-1;. The zero-order chi connectivity index (χ0) is 3.58. The van der Waals surface area contributed by atoms with Crippen LogP contribution < -0.4 is 18.9 Å². The van der Waals surface area contributed by atoms with E-state index in [0.717, 1.165) is 0 Å². The molecular formula is HKLiNO3. The Bertz CT molecular complexity index is 33.8. The van der Waals surface area contributed by atoms with Gasteiger partial charge in [0.25, 0.3) is 0 Å². The fraction of sp³-hybridized carbons (Fsp3) is 0. The first-order chi connectivity index (χ1) is 1.73. The molecule has 0 atom stereocenters. The molecule has 0 radical (unpaired) electrons. The van der Waals surface area contributed by atoms with Gasteiger partial charge in [0.05, 0.1) is 5.09 Å². The van der Waals surface area contributed by atoms with Crippen LogP contribution in [0.3, 0.4) is 0 Å². The first-order valence-corrected chi connectivity index (χ1v) is 0.548. The molecule has 6 heteroatoms. The van der Waals surface area contributed by atoms with Crippen molar-refractivity contribution in [2.24, 2.45) is 0 Å². The van der Waals surface area contributed by atoms with Gasteiger partial charge >= 0.3 is 70.2 Å². The third kappa shape index (κ3) is 52.0. The maximum absolute atomic E-state index is 8.25. The number of hydrogen-bond acceptors (Lipinski definition) is 3. The summed E-state index contributed by atoms with van der Waals surface area (Å²) >= 11 is 0. The van der Waals surface area contributed by atoms with Crippen molar-refractivity contribution < 1.29 is 23.9 Å². The minimum absolute atomic E-state index is 0. The molecule has 0 bridgehead atoms. The van der Waals surface area contributed by atoms with Gasteiger partial charge < -0.3 is 15.3 Å². The molecule has 0 heterocycles. The Labute approximate surface area is 89.0 Å². The summed E-state index contributed by atoms with van der Waals surface area (Å²) in [6, 6.07) is 0. The van der Waals surface area contributed by atoms with Gasteiger partial charge in [-0.2, -0.15) is 0 Å². The summed E-state index contributed by atoms with van der Waals surface area (Å²) in [7, 11) is 0. The SMILES string of the molecule is O=[N+]([O-])[O-].[KH].[Li+]. The fourth-order valence-electron chi connectivity index (χ4n) is 0. The van der Waals surface area contributed by atoms with Crippen LogP contribution in [0.1, 0.15) is 0 Å². The van der Waals surface area contributed by atoms with E-state index in [1.165, 1.54) is 0 Å². The van der Waals surface area contributed by atoms with Crippen molar-refractivity contribution in [2.75, 3.05) is 0 Å². The van der Waals surface area contributed by atoms with E-state index >= 15 is 0 Å². The molecule has 0 aromatic heterocycles. The second kappa shape index (κ2) is 9.66. The first kappa shape index (κ1) is 15.7. The Morgan fingerprint density at radius 1 is 1.33 bits per heavy atom. The zero-order valence-electron chi connectivity index (χ0n) is 2.67. The molecule has 6 heavy (non-hydrogen) atoms. The molecule has 0 saturated heterocycles. The molecule has 0 aliphatic rings. The molecular weight excluding hydrogens is 108 g/mol. The average Bonchev–Trinajstić information content (AvgIpc) is 0.811. The van der Waals surface area contributed by atoms with Crippen molar-refractivity contribution in [3.63, 3.8) is 0 Å². The molecule has 0 aromatic carbocycles. The van der Waals surface area contributed by atoms with Crippen LogP contribution in [-0.4, -0.2) is 56.5 Å². The van der Waals surface area contributed by atoms with Gasteiger partial charge in [-0.05, 0) is 0 Å². The molecule has 0 aromatic rings. The van der Waals surface area contributed by atoms with Crippen molar-refractivity contribution in [2.45, 2.75) is 0 Å². The second-order valence-corrected chi connectivity index (χ2v) is 0.224. The summed E-state index contributed by atoms with van der Waals surface area (Å²) in [6.07, 6.45) is 0. The van der Waals surface area contributed by atoms with Crippen molar-refractivity contribution >= 4 is 51.4 Å². The predicted molar refractivity (Wildman–Crippen MR) is 17.5 cm³/mol. The largest absolute Gasteiger partial charge is 1.00 e. The van der Waals surface area contributed by atoms with Gasteiger partial charge in [0, 0.05) is 0 Å². The molecule has 4 nitrogen and oxygen atoms in total. The third-order valence-corrected chi connectivity index (χ3v) is 0. The number of rotatable bonds is 0. The van der Waals surface area contributed by atoms with Crippen LogP contribution in [0.15, 0.2) is 0 Å². The van der Waals surface area contributed by atoms with Crippen molar-refractivity contribution in [3.05, 3.63) is 15.3 Å². The molecule has 0 spiro atoms. The van der Waals surface area contributed by atoms with Crippen LogP contribution in [0, 0.1) is 15.3 Å². The third-order valence-electron chi connectivity index (χ3n) is 0. The smallest absolute Gasteiger partial charge is 1.00 e. The Morgan fingerprint density at radius 3 is 1.33 bits per heavy atom. The molecule has 0 N–H and O–H groups in total. The monoisotopic (exact) mass is 109 g/mol. The summed E-state index contributed by atoms with van der Waals surface area (Å²) in [4.78, 5) is 8.25. The quantitative estimate of drug-likeness (QED) is 0.181. The van der Waals surface area contributed by atoms with Crippen LogP contribution >= 0.6 is 0 Å². The zero-order valence-corrected chi connectivity index (χ0v) is 2.67. The first-order valence-electron chi connectivity index (χ1n) is 0.548. The Balaban J connectivity index is -0.0000000450. The van der Waals surface area contributed by atoms with E-state index in [9.17, 15) is 0 Å². The van der Waals surface area contributed by atoms with Crippen LogP contribution in [0.5, 0.6) is 0 Å². The van der Waals surface area contributed by atoms with Gasteiger partial charge in [-0.1, -0.05) is 0 Å². The van der Waals surface area contributed by atoms with Crippen LogP contribution in [-0.2, 0) is 0 Å². The Morgan fingerprint density at radius 2 is 1.33 bits per heavy atom. The Kier molecular flexibility index (Phi) is 25.2. The molecule has 0 aliphatic carbocycles. The predicted octanol–water partition coefficient (Wildman–Crippen LogP) is -3.88. The van der Waals surface area contributed by atoms with Crippen LogP contribution in [0.4, 0.5) is 0 Å². The fourth-order valence-corrected chi connectivity index (χ4v) is 0. The van der Waals surface area contributed by atoms with Gasteiger partial charge in [-0.3, -0.25) is 0 Å². The summed E-state index contributed by atoms with van der Waals surface area (Å²) < 4.78 is 0. The number of nitrogens with zero attached hydrogens (tertiary/aromatic N) is 1. The van der Waals surface area contributed by atoms with Crippen molar-refractivity contribution in [1.29, 1.82) is 0 Å². The van der Waals surface area contributed by atoms with E-state index in [0.29, 0.717) is 0 Å². The molecule has 0 saturated carbocycles. The normalized spacial score (nSPS) is 4.00. The maximum Gasteiger partial charge on any atom is 1.00 e. The van der Waals surface area contributed by atoms with Crippen molar-refractivity contribution in [3.8, 4) is 0 Å². The molecule has 26 valence electrons. The molecule has 0 amide bonds. The summed E-state index contributed by atoms with van der Waals surface area (Å²) in [6.45, 7) is 0. The van der Waals surface area contributed by atoms with E-state index in [1.807, 2.05) is 0 Å².